The molecule has 1 N–H and O–H groups in total. The van der Waals surface area contributed by atoms with Crippen molar-refractivity contribution in [1.82, 2.24) is 30.5 Å². The molecule has 21 heavy (non-hydrogen) atoms. The molecule has 0 saturated carbocycles. The molecule has 3 rings (SSSR count). The van der Waals surface area contributed by atoms with Crippen LogP contribution in [0.4, 0.5) is 8.78 Å². The molecule has 3 heterocycles. The van der Waals surface area contributed by atoms with E-state index in [2.05, 4.69) is 25.8 Å². The van der Waals surface area contributed by atoms with Gasteiger partial charge in [0.1, 0.15) is 6.61 Å². The highest BCUT2D eigenvalue weighted by Crippen LogP contribution is 2.17. The van der Waals surface area contributed by atoms with Crippen LogP contribution in [-0.2, 0) is 11.2 Å². The molecule has 2 aromatic rings. The first-order valence-electron chi connectivity index (χ1n) is 6.54. The van der Waals surface area contributed by atoms with Gasteiger partial charge in [0.25, 0.3) is 12.3 Å². The van der Waals surface area contributed by atoms with Crippen molar-refractivity contribution >= 4 is 0 Å². The van der Waals surface area contributed by atoms with E-state index in [1.165, 1.54) is 0 Å². The van der Waals surface area contributed by atoms with Gasteiger partial charge in [0.2, 0.25) is 0 Å². The lowest BCUT2D eigenvalue weighted by Crippen LogP contribution is -2.43. The van der Waals surface area contributed by atoms with E-state index in [0.717, 1.165) is 13.1 Å². The average molecular weight is 300 g/mol. The van der Waals surface area contributed by atoms with Crippen molar-refractivity contribution in [3.05, 3.63) is 12.0 Å². The summed E-state index contributed by atoms with van der Waals surface area (Å²) in [4.78, 5) is 4.14. The van der Waals surface area contributed by atoms with Gasteiger partial charge in [-0.05, 0) is 0 Å². The third kappa shape index (κ3) is 3.39. The van der Waals surface area contributed by atoms with Crippen molar-refractivity contribution in [2.45, 2.75) is 18.9 Å². The molecule has 1 fully saturated rings. The number of rotatable bonds is 7. The fourth-order valence-corrected chi connectivity index (χ4v) is 1.81. The second kappa shape index (κ2) is 6.22. The summed E-state index contributed by atoms with van der Waals surface area (Å²) in [5.41, 5.74) is 0.495. The standard InChI is InChI=1S/C11H14F2N6O2/c12-9(13)6-20-2-1-10-15-11(21-17-10)8-5-19(18-16-8)7-3-14-4-7/h5,7,9,14H,1-4,6H2. The van der Waals surface area contributed by atoms with Crippen LogP contribution in [0.15, 0.2) is 10.7 Å². The van der Waals surface area contributed by atoms with Crippen molar-refractivity contribution in [2.75, 3.05) is 26.3 Å². The van der Waals surface area contributed by atoms with Crippen LogP contribution in [0.3, 0.4) is 0 Å². The van der Waals surface area contributed by atoms with E-state index < -0.39 is 13.0 Å². The first-order valence-corrected chi connectivity index (χ1v) is 6.54. The molecule has 10 heteroatoms. The molecular weight excluding hydrogens is 286 g/mol. The molecule has 0 unspecified atom stereocenters. The predicted molar refractivity (Wildman–Crippen MR) is 65.7 cm³/mol. The molecule has 8 nitrogen and oxygen atoms in total. The molecule has 0 amide bonds. The van der Waals surface area contributed by atoms with Crippen molar-refractivity contribution < 1.29 is 18.0 Å². The molecule has 0 aromatic carbocycles. The molecule has 0 aliphatic carbocycles. The fourth-order valence-electron chi connectivity index (χ4n) is 1.81. The van der Waals surface area contributed by atoms with Gasteiger partial charge in [0, 0.05) is 19.5 Å². The van der Waals surface area contributed by atoms with Crippen molar-refractivity contribution in [2.24, 2.45) is 0 Å². The average Bonchev–Trinajstić information content (AvgIpc) is 3.01. The molecule has 1 aliphatic heterocycles. The summed E-state index contributed by atoms with van der Waals surface area (Å²) in [5, 5.41) is 14.9. The Balaban J connectivity index is 1.55. The maximum Gasteiger partial charge on any atom is 0.280 e. The molecule has 1 aliphatic rings. The van der Waals surface area contributed by atoms with E-state index in [0.29, 0.717) is 24.0 Å². The topological polar surface area (TPSA) is 90.9 Å². The van der Waals surface area contributed by atoms with Gasteiger partial charge in [0.05, 0.1) is 18.8 Å². The molecule has 0 atom stereocenters. The van der Waals surface area contributed by atoms with Crippen LogP contribution in [-0.4, -0.2) is 57.9 Å². The number of ether oxygens (including phenoxy) is 1. The van der Waals surface area contributed by atoms with Gasteiger partial charge in [-0.1, -0.05) is 10.4 Å². The number of aromatic nitrogens is 5. The minimum atomic E-state index is -2.47. The van der Waals surface area contributed by atoms with Crippen LogP contribution in [0.2, 0.25) is 0 Å². The van der Waals surface area contributed by atoms with Crippen LogP contribution in [0.25, 0.3) is 11.6 Å². The third-order valence-electron chi connectivity index (χ3n) is 3.05. The number of hydrogen-bond donors (Lipinski definition) is 1. The molecular formula is C11H14F2N6O2. The van der Waals surface area contributed by atoms with Crippen LogP contribution >= 0.6 is 0 Å². The second-order valence-corrected chi connectivity index (χ2v) is 4.63. The number of alkyl halides is 2. The van der Waals surface area contributed by atoms with Crippen molar-refractivity contribution in [3.63, 3.8) is 0 Å². The normalized spacial score (nSPS) is 15.6. The Kier molecular flexibility index (Phi) is 4.15. The highest BCUT2D eigenvalue weighted by atomic mass is 19.3. The van der Waals surface area contributed by atoms with E-state index in [1.807, 2.05) is 0 Å². The lowest BCUT2D eigenvalue weighted by Gasteiger charge is -2.26. The first kappa shape index (κ1) is 14.0. The largest absolute Gasteiger partial charge is 0.375 e. The summed E-state index contributed by atoms with van der Waals surface area (Å²) in [6, 6.07) is 0.302. The summed E-state index contributed by atoms with van der Waals surface area (Å²) in [6.45, 7) is 1.25. The quantitative estimate of drug-likeness (QED) is 0.735. The van der Waals surface area contributed by atoms with Gasteiger partial charge >= 0.3 is 0 Å². The smallest absolute Gasteiger partial charge is 0.280 e. The maximum absolute atomic E-state index is 11.9. The minimum absolute atomic E-state index is 0.115. The Morgan fingerprint density at radius 2 is 2.33 bits per heavy atom. The fraction of sp³-hybridized carbons (Fsp3) is 0.636. The summed E-state index contributed by atoms with van der Waals surface area (Å²) < 4.78 is 35.4. The summed E-state index contributed by atoms with van der Waals surface area (Å²) >= 11 is 0. The maximum atomic E-state index is 11.9. The molecule has 0 radical (unpaired) electrons. The Morgan fingerprint density at radius 1 is 1.48 bits per heavy atom. The SMILES string of the molecule is FC(F)COCCc1noc(-c2cn(C3CNC3)nn2)n1. The van der Waals surface area contributed by atoms with Gasteiger partial charge in [0.15, 0.2) is 11.5 Å². The summed E-state index contributed by atoms with van der Waals surface area (Å²) in [6.07, 6.45) is -0.422. The Bertz CT molecular complexity index is 583. The molecule has 0 spiro atoms. The lowest BCUT2D eigenvalue weighted by atomic mass is 10.2. The zero-order valence-electron chi connectivity index (χ0n) is 11.1. The number of hydrogen-bond acceptors (Lipinski definition) is 7. The lowest BCUT2D eigenvalue weighted by molar-refractivity contribution is 0.0182. The van der Waals surface area contributed by atoms with Gasteiger partial charge in [-0.2, -0.15) is 4.98 Å². The van der Waals surface area contributed by atoms with Crippen molar-refractivity contribution in [3.8, 4) is 11.6 Å². The minimum Gasteiger partial charge on any atom is -0.375 e. The molecule has 0 bridgehead atoms. The van der Waals surface area contributed by atoms with E-state index in [-0.39, 0.29) is 12.5 Å². The Hall–Kier alpha value is -1.94. The third-order valence-corrected chi connectivity index (χ3v) is 3.05. The van der Waals surface area contributed by atoms with E-state index >= 15 is 0 Å². The monoisotopic (exact) mass is 300 g/mol. The molecule has 2 aromatic heterocycles. The Morgan fingerprint density at radius 3 is 3.05 bits per heavy atom. The zero-order valence-corrected chi connectivity index (χ0v) is 11.1. The highest BCUT2D eigenvalue weighted by molar-refractivity contribution is 5.43. The van der Waals surface area contributed by atoms with Crippen LogP contribution in [0.1, 0.15) is 11.9 Å². The zero-order chi connectivity index (χ0) is 14.7. The van der Waals surface area contributed by atoms with E-state index in [4.69, 9.17) is 9.26 Å². The van der Waals surface area contributed by atoms with E-state index in [9.17, 15) is 8.78 Å². The van der Waals surface area contributed by atoms with Crippen molar-refractivity contribution in [1.29, 1.82) is 0 Å². The van der Waals surface area contributed by atoms with Gasteiger partial charge in [-0.15, -0.1) is 5.10 Å². The predicted octanol–water partition coefficient (Wildman–Crippen LogP) is 0.297. The summed E-state index contributed by atoms with van der Waals surface area (Å²) in [7, 11) is 0. The first-order chi connectivity index (χ1) is 10.2. The van der Waals surface area contributed by atoms with Gasteiger partial charge in [-0.25, -0.2) is 13.5 Å². The van der Waals surface area contributed by atoms with Crippen LogP contribution in [0.5, 0.6) is 0 Å². The Labute approximate surface area is 118 Å². The van der Waals surface area contributed by atoms with Gasteiger partial charge < -0.3 is 14.6 Å². The number of halogens is 2. The summed E-state index contributed by atoms with van der Waals surface area (Å²) in [5.74, 6) is 0.650. The molecule has 1 saturated heterocycles. The van der Waals surface area contributed by atoms with Gasteiger partial charge in [-0.3, -0.25) is 0 Å². The number of nitrogens with one attached hydrogen (secondary N) is 1. The van der Waals surface area contributed by atoms with E-state index in [1.54, 1.807) is 10.9 Å². The highest BCUT2D eigenvalue weighted by Gasteiger charge is 2.21. The van der Waals surface area contributed by atoms with Crippen LogP contribution < -0.4 is 5.32 Å². The second-order valence-electron chi connectivity index (χ2n) is 4.63. The number of nitrogens with zero attached hydrogens (tertiary/aromatic N) is 5. The molecule has 114 valence electrons. The van der Waals surface area contributed by atoms with Crippen LogP contribution in [0, 0.1) is 0 Å².